The van der Waals surface area contributed by atoms with Gasteiger partial charge < -0.3 is 31.9 Å². The monoisotopic (exact) mass is 463 g/mol. The number of hydrogen-bond donors (Lipinski definition) is 7. The quantitative estimate of drug-likeness (QED) is 0.145. The standard InChI is InChI=1S/C21H29N5O7/c1-11(2)18(21(32)33)26-20(31)14(9-17(29)30)25-16(28)10-24-15(27)8-5-12-3-6-13(7-4-12)19(22)23/h3-4,6-7,11,14,18H,5,8-10H2,1-2H3,(H3,22,23)(H,24,27)(H,25,28)(H,26,31)(H,29,30)(H,32,33). The SMILES string of the molecule is CC(C)C(NC(=O)C(CC(=O)O)NC(=O)CNC(=O)CCc1ccc(C(=N)N)cc1)C(=O)O. The van der Waals surface area contributed by atoms with Gasteiger partial charge in [-0.1, -0.05) is 38.1 Å². The minimum atomic E-state index is -1.51. The molecule has 12 nitrogen and oxygen atoms in total. The van der Waals surface area contributed by atoms with Crippen LogP contribution >= 0.6 is 0 Å². The third-order valence-corrected chi connectivity index (χ3v) is 4.61. The molecular formula is C21H29N5O7. The molecule has 3 amide bonds. The van der Waals surface area contributed by atoms with Gasteiger partial charge in [-0.05, 0) is 17.9 Å². The first-order valence-electron chi connectivity index (χ1n) is 10.1. The highest BCUT2D eigenvalue weighted by atomic mass is 16.4. The first-order chi connectivity index (χ1) is 15.4. The van der Waals surface area contributed by atoms with Crippen molar-refractivity contribution in [3.8, 4) is 0 Å². The summed E-state index contributed by atoms with van der Waals surface area (Å²) in [5.74, 6) is -5.38. The average molecular weight is 463 g/mol. The first kappa shape index (κ1) is 27.1. The summed E-state index contributed by atoms with van der Waals surface area (Å²) in [7, 11) is 0. The summed E-state index contributed by atoms with van der Waals surface area (Å²) >= 11 is 0. The van der Waals surface area contributed by atoms with Crippen LogP contribution in [0.3, 0.4) is 0 Å². The highest BCUT2D eigenvalue weighted by Gasteiger charge is 2.29. The minimum Gasteiger partial charge on any atom is -0.481 e. The molecule has 1 aromatic carbocycles. The Labute approximate surface area is 190 Å². The fraction of sp³-hybridized carbons (Fsp3) is 0.429. The minimum absolute atomic E-state index is 0.0668. The Morgan fingerprint density at radius 3 is 2.09 bits per heavy atom. The van der Waals surface area contributed by atoms with Crippen molar-refractivity contribution in [2.45, 2.75) is 45.2 Å². The smallest absolute Gasteiger partial charge is 0.326 e. The average Bonchev–Trinajstić information content (AvgIpc) is 2.73. The maximum Gasteiger partial charge on any atom is 0.326 e. The molecule has 0 spiro atoms. The van der Waals surface area contributed by atoms with E-state index in [1.807, 2.05) is 0 Å². The zero-order chi connectivity index (χ0) is 25.1. The summed E-state index contributed by atoms with van der Waals surface area (Å²) in [6.07, 6.45) is -0.311. The summed E-state index contributed by atoms with van der Waals surface area (Å²) in [6, 6.07) is 4.01. The van der Waals surface area contributed by atoms with Gasteiger partial charge in [-0.2, -0.15) is 0 Å². The second-order valence-electron chi connectivity index (χ2n) is 7.67. The van der Waals surface area contributed by atoms with E-state index in [0.29, 0.717) is 12.0 Å². The second kappa shape index (κ2) is 12.8. The predicted octanol–water partition coefficient (Wildman–Crippen LogP) is -0.796. The number of carboxylic acids is 2. The molecule has 2 unspecified atom stereocenters. The van der Waals surface area contributed by atoms with Crippen LogP contribution in [0, 0.1) is 11.3 Å². The van der Waals surface area contributed by atoms with Crippen LogP contribution in [-0.2, 0) is 30.4 Å². The molecule has 0 heterocycles. The zero-order valence-electron chi connectivity index (χ0n) is 18.4. The van der Waals surface area contributed by atoms with E-state index in [2.05, 4.69) is 16.0 Å². The molecule has 0 bridgehead atoms. The Morgan fingerprint density at radius 2 is 1.61 bits per heavy atom. The van der Waals surface area contributed by atoms with Crippen LogP contribution in [-0.4, -0.2) is 64.3 Å². The lowest BCUT2D eigenvalue weighted by Crippen LogP contribution is -2.54. The van der Waals surface area contributed by atoms with Gasteiger partial charge in [0.2, 0.25) is 17.7 Å². The molecule has 0 aliphatic heterocycles. The maximum absolute atomic E-state index is 12.3. The number of carbonyl (C=O) groups excluding carboxylic acids is 3. The Morgan fingerprint density at radius 1 is 1.00 bits per heavy atom. The van der Waals surface area contributed by atoms with E-state index in [9.17, 15) is 29.1 Å². The van der Waals surface area contributed by atoms with Crippen LogP contribution in [0.4, 0.5) is 0 Å². The molecule has 33 heavy (non-hydrogen) atoms. The van der Waals surface area contributed by atoms with E-state index in [4.69, 9.17) is 16.2 Å². The van der Waals surface area contributed by atoms with Crippen LogP contribution in [0.25, 0.3) is 0 Å². The molecule has 0 aliphatic carbocycles. The van der Waals surface area contributed by atoms with E-state index in [0.717, 1.165) is 5.56 Å². The number of aliphatic carboxylic acids is 2. The molecule has 180 valence electrons. The van der Waals surface area contributed by atoms with Gasteiger partial charge in [0.1, 0.15) is 17.9 Å². The number of amidine groups is 1. The maximum atomic E-state index is 12.3. The molecule has 8 N–H and O–H groups in total. The predicted molar refractivity (Wildman–Crippen MR) is 117 cm³/mol. The van der Waals surface area contributed by atoms with E-state index in [-0.39, 0.29) is 12.3 Å². The number of aryl methyl sites for hydroxylation is 1. The Kier molecular flexibility index (Phi) is 10.5. The van der Waals surface area contributed by atoms with Gasteiger partial charge in [-0.15, -0.1) is 0 Å². The van der Waals surface area contributed by atoms with Crippen LogP contribution in [0.2, 0.25) is 0 Å². The molecule has 0 fully saturated rings. The van der Waals surface area contributed by atoms with Crippen LogP contribution in [0.1, 0.15) is 37.8 Å². The summed E-state index contributed by atoms with van der Waals surface area (Å²) in [4.78, 5) is 58.8. The zero-order valence-corrected chi connectivity index (χ0v) is 18.4. The largest absolute Gasteiger partial charge is 0.481 e. The van der Waals surface area contributed by atoms with E-state index < -0.39 is 60.6 Å². The third kappa shape index (κ3) is 9.80. The summed E-state index contributed by atoms with van der Waals surface area (Å²) < 4.78 is 0. The van der Waals surface area contributed by atoms with Crippen molar-refractivity contribution in [1.82, 2.24) is 16.0 Å². The number of nitrogens with one attached hydrogen (secondary N) is 4. The van der Waals surface area contributed by atoms with Crippen molar-refractivity contribution < 1.29 is 34.2 Å². The molecule has 1 rings (SSSR count). The van der Waals surface area contributed by atoms with Crippen molar-refractivity contribution in [2.75, 3.05) is 6.54 Å². The number of hydrogen-bond acceptors (Lipinski definition) is 6. The van der Waals surface area contributed by atoms with Gasteiger partial charge in [-0.25, -0.2) is 4.79 Å². The van der Waals surface area contributed by atoms with Crippen LogP contribution < -0.4 is 21.7 Å². The van der Waals surface area contributed by atoms with Crippen LogP contribution in [0.15, 0.2) is 24.3 Å². The van der Waals surface area contributed by atoms with E-state index in [1.54, 1.807) is 38.1 Å². The number of nitrogens with two attached hydrogens (primary N) is 1. The number of carbonyl (C=O) groups is 5. The molecule has 0 aliphatic rings. The molecule has 12 heteroatoms. The topological polar surface area (TPSA) is 212 Å². The van der Waals surface area contributed by atoms with Gasteiger partial charge in [0, 0.05) is 12.0 Å². The first-order valence-corrected chi connectivity index (χ1v) is 10.1. The van der Waals surface area contributed by atoms with Gasteiger partial charge in [0.15, 0.2) is 0 Å². The van der Waals surface area contributed by atoms with Crippen molar-refractivity contribution >= 4 is 35.5 Å². The number of amides is 3. The summed E-state index contributed by atoms with van der Waals surface area (Å²) in [5, 5.41) is 32.3. The number of rotatable bonds is 13. The Bertz CT molecular complexity index is 899. The lowest BCUT2D eigenvalue weighted by atomic mass is 10.0. The van der Waals surface area contributed by atoms with Gasteiger partial charge in [0.05, 0.1) is 13.0 Å². The van der Waals surface area contributed by atoms with Crippen molar-refractivity contribution in [1.29, 1.82) is 5.41 Å². The molecule has 0 radical (unpaired) electrons. The highest BCUT2D eigenvalue weighted by molar-refractivity contribution is 5.95. The lowest BCUT2D eigenvalue weighted by Gasteiger charge is -2.22. The van der Waals surface area contributed by atoms with Crippen LogP contribution in [0.5, 0.6) is 0 Å². The summed E-state index contributed by atoms with van der Waals surface area (Å²) in [6.45, 7) is 2.65. The summed E-state index contributed by atoms with van der Waals surface area (Å²) in [5.41, 5.74) is 6.77. The fourth-order valence-electron chi connectivity index (χ4n) is 2.77. The number of nitrogen functional groups attached to an aromatic ring is 1. The third-order valence-electron chi connectivity index (χ3n) is 4.61. The molecule has 1 aromatic rings. The van der Waals surface area contributed by atoms with Gasteiger partial charge in [-0.3, -0.25) is 24.6 Å². The fourth-order valence-corrected chi connectivity index (χ4v) is 2.77. The Hall–Kier alpha value is -3.96. The normalized spacial score (nSPS) is 12.3. The Balaban J connectivity index is 2.58. The van der Waals surface area contributed by atoms with Crippen molar-refractivity contribution in [3.05, 3.63) is 35.4 Å². The second-order valence-corrected chi connectivity index (χ2v) is 7.67. The molecule has 0 aromatic heterocycles. The van der Waals surface area contributed by atoms with E-state index in [1.165, 1.54) is 0 Å². The van der Waals surface area contributed by atoms with Crippen molar-refractivity contribution in [3.63, 3.8) is 0 Å². The number of carboxylic acid groups (broad SMARTS) is 2. The molecule has 2 atom stereocenters. The van der Waals surface area contributed by atoms with Gasteiger partial charge >= 0.3 is 11.9 Å². The van der Waals surface area contributed by atoms with E-state index >= 15 is 0 Å². The lowest BCUT2D eigenvalue weighted by molar-refractivity contribution is -0.144. The number of benzene rings is 1. The molecule has 0 saturated heterocycles. The van der Waals surface area contributed by atoms with Gasteiger partial charge in [0.25, 0.3) is 0 Å². The molecular weight excluding hydrogens is 434 g/mol. The highest BCUT2D eigenvalue weighted by Crippen LogP contribution is 2.06. The molecule has 0 saturated carbocycles. The van der Waals surface area contributed by atoms with Crippen molar-refractivity contribution in [2.24, 2.45) is 11.7 Å².